The van der Waals surface area contributed by atoms with Crippen LogP contribution in [0.25, 0.3) is 10.9 Å². The van der Waals surface area contributed by atoms with Crippen molar-refractivity contribution in [3.63, 3.8) is 0 Å². The molecule has 3 N–H and O–H groups in total. The Labute approximate surface area is 152 Å². The van der Waals surface area contributed by atoms with Gasteiger partial charge in [0, 0.05) is 42.0 Å². The second-order valence-corrected chi connectivity index (χ2v) is 6.70. The van der Waals surface area contributed by atoms with Crippen LogP contribution in [-0.2, 0) is 0 Å². The summed E-state index contributed by atoms with van der Waals surface area (Å²) in [6.45, 7) is 3.27. The van der Waals surface area contributed by atoms with E-state index in [-0.39, 0.29) is 11.9 Å². The third-order valence-electron chi connectivity index (χ3n) is 4.81. The Hall–Kier alpha value is -3.15. The van der Waals surface area contributed by atoms with Crippen molar-refractivity contribution >= 4 is 28.4 Å². The fourth-order valence-corrected chi connectivity index (χ4v) is 3.28. The number of hydrogen-bond acceptors (Lipinski definition) is 5. The number of rotatable bonds is 3. The first-order valence-electron chi connectivity index (χ1n) is 8.74. The third kappa shape index (κ3) is 3.18. The van der Waals surface area contributed by atoms with E-state index in [9.17, 15) is 4.79 Å². The first-order valence-corrected chi connectivity index (χ1v) is 8.74. The van der Waals surface area contributed by atoms with E-state index in [2.05, 4.69) is 15.3 Å². The maximum atomic E-state index is 12.7. The molecular weight excluding hydrogens is 326 g/mol. The molecule has 6 nitrogen and oxygen atoms in total. The Morgan fingerprint density at radius 2 is 2.12 bits per heavy atom. The Morgan fingerprint density at radius 3 is 2.96 bits per heavy atom. The van der Waals surface area contributed by atoms with Crippen LogP contribution in [0.15, 0.2) is 48.7 Å². The second kappa shape index (κ2) is 6.63. The monoisotopic (exact) mass is 347 g/mol. The summed E-state index contributed by atoms with van der Waals surface area (Å²) in [5, 5.41) is 4.37. The largest absolute Gasteiger partial charge is 0.399 e. The van der Waals surface area contributed by atoms with Crippen LogP contribution in [0.2, 0.25) is 0 Å². The number of nitrogens with one attached hydrogen (secondary N) is 1. The van der Waals surface area contributed by atoms with Crippen LogP contribution < -0.4 is 11.1 Å². The Balaban J connectivity index is 1.44. The van der Waals surface area contributed by atoms with Crippen molar-refractivity contribution in [1.82, 2.24) is 14.9 Å². The summed E-state index contributed by atoms with van der Waals surface area (Å²) in [6, 6.07) is 13.5. The van der Waals surface area contributed by atoms with Crippen molar-refractivity contribution < 1.29 is 4.79 Å². The standard InChI is InChI=1S/C20H21N5O/c1-13-10-14(6-7-17(13)21)19(26)25-9-8-16(12-25)23-20-22-11-15-4-2-3-5-18(15)24-20/h2-7,10-11,16H,8-9,12,21H2,1H3,(H,22,23,24). The van der Waals surface area contributed by atoms with E-state index in [4.69, 9.17) is 5.73 Å². The highest BCUT2D eigenvalue weighted by Gasteiger charge is 2.27. The van der Waals surface area contributed by atoms with Gasteiger partial charge in [-0.15, -0.1) is 0 Å². The highest BCUT2D eigenvalue weighted by molar-refractivity contribution is 5.95. The summed E-state index contributed by atoms with van der Waals surface area (Å²) in [7, 11) is 0. The molecule has 0 saturated carbocycles. The Bertz CT molecular complexity index is 971. The molecule has 6 heteroatoms. The van der Waals surface area contributed by atoms with Crippen LogP contribution in [0.3, 0.4) is 0 Å². The number of aromatic nitrogens is 2. The van der Waals surface area contributed by atoms with Crippen LogP contribution in [0.4, 0.5) is 11.6 Å². The minimum absolute atomic E-state index is 0.0387. The van der Waals surface area contributed by atoms with Crippen LogP contribution >= 0.6 is 0 Å². The minimum atomic E-state index is 0.0387. The zero-order chi connectivity index (χ0) is 18.1. The highest BCUT2D eigenvalue weighted by atomic mass is 16.2. The van der Waals surface area contributed by atoms with Gasteiger partial charge in [0.05, 0.1) is 5.52 Å². The average Bonchev–Trinajstić information content (AvgIpc) is 3.12. The molecule has 1 saturated heterocycles. The predicted molar refractivity (Wildman–Crippen MR) is 103 cm³/mol. The summed E-state index contributed by atoms with van der Waals surface area (Å²) in [5.74, 6) is 0.642. The normalized spacial score (nSPS) is 16.8. The first-order chi connectivity index (χ1) is 12.6. The average molecular weight is 347 g/mol. The van der Waals surface area contributed by atoms with Gasteiger partial charge >= 0.3 is 0 Å². The number of nitrogen functional groups attached to an aromatic ring is 1. The number of likely N-dealkylation sites (tertiary alicyclic amines) is 1. The number of para-hydroxylation sites is 1. The van der Waals surface area contributed by atoms with E-state index in [0.29, 0.717) is 30.3 Å². The van der Waals surface area contributed by atoms with Crippen LogP contribution in [0, 0.1) is 6.92 Å². The Morgan fingerprint density at radius 1 is 1.27 bits per heavy atom. The number of fused-ring (bicyclic) bond motifs is 1. The molecule has 1 unspecified atom stereocenters. The van der Waals surface area contributed by atoms with E-state index in [1.165, 1.54) is 0 Å². The molecule has 0 radical (unpaired) electrons. The van der Waals surface area contributed by atoms with Gasteiger partial charge in [-0.3, -0.25) is 4.79 Å². The van der Waals surface area contributed by atoms with Gasteiger partial charge in [-0.05, 0) is 43.2 Å². The summed E-state index contributed by atoms with van der Waals surface area (Å²) >= 11 is 0. The molecule has 1 amide bonds. The Kier molecular flexibility index (Phi) is 4.16. The van der Waals surface area contributed by atoms with Gasteiger partial charge in [0.1, 0.15) is 0 Å². The summed E-state index contributed by atoms with van der Waals surface area (Å²) in [4.78, 5) is 23.5. The molecule has 1 atom stereocenters. The van der Waals surface area contributed by atoms with Crippen molar-refractivity contribution in [3.05, 3.63) is 59.8 Å². The lowest BCUT2D eigenvalue weighted by atomic mass is 10.1. The van der Waals surface area contributed by atoms with Gasteiger partial charge in [0.2, 0.25) is 5.95 Å². The molecule has 1 aliphatic heterocycles. The second-order valence-electron chi connectivity index (χ2n) is 6.70. The smallest absolute Gasteiger partial charge is 0.253 e. The van der Waals surface area contributed by atoms with Crippen molar-refractivity contribution in [2.45, 2.75) is 19.4 Å². The molecular formula is C20H21N5O. The summed E-state index contributed by atoms with van der Waals surface area (Å²) in [6.07, 6.45) is 2.69. The minimum Gasteiger partial charge on any atom is -0.399 e. The van der Waals surface area contributed by atoms with E-state index in [1.54, 1.807) is 12.1 Å². The third-order valence-corrected chi connectivity index (χ3v) is 4.81. The van der Waals surface area contributed by atoms with E-state index < -0.39 is 0 Å². The molecule has 1 aliphatic rings. The fraction of sp³-hybridized carbons (Fsp3) is 0.250. The lowest BCUT2D eigenvalue weighted by molar-refractivity contribution is 0.0791. The zero-order valence-corrected chi connectivity index (χ0v) is 14.6. The molecule has 2 aromatic carbocycles. The molecule has 1 aromatic heterocycles. The van der Waals surface area contributed by atoms with E-state index >= 15 is 0 Å². The molecule has 1 fully saturated rings. The number of benzene rings is 2. The lowest BCUT2D eigenvalue weighted by Crippen LogP contribution is -2.31. The van der Waals surface area contributed by atoms with Gasteiger partial charge in [-0.1, -0.05) is 18.2 Å². The predicted octanol–water partition coefficient (Wildman–Crippen LogP) is 2.85. The van der Waals surface area contributed by atoms with Gasteiger partial charge in [-0.25, -0.2) is 9.97 Å². The van der Waals surface area contributed by atoms with Crippen molar-refractivity contribution in [3.8, 4) is 0 Å². The molecule has 26 heavy (non-hydrogen) atoms. The van der Waals surface area contributed by atoms with Crippen molar-refractivity contribution in [1.29, 1.82) is 0 Å². The zero-order valence-electron chi connectivity index (χ0n) is 14.6. The molecule has 0 spiro atoms. The molecule has 4 rings (SSSR count). The van der Waals surface area contributed by atoms with Gasteiger partial charge < -0.3 is 16.0 Å². The van der Waals surface area contributed by atoms with Crippen LogP contribution in [0.1, 0.15) is 22.3 Å². The number of hydrogen-bond donors (Lipinski definition) is 2. The van der Waals surface area contributed by atoms with Crippen molar-refractivity contribution in [2.75, 3.05) is 24.1 Å². The van der Waals surface area contributed by atoms with Gasteiger partial charge in [-0.2, -0.15) is 0 Å². The first kappa shape index (κ1) is 16.3. The number of carbonyl (C=O) groups is 1. The maximum Gasteiger partial charge on any atom is 0.253 e. The molecule has 132 valence electrons. The quantitative estimate of drug-likeness (QED) is 0.712. The summed E-state index contributed by atoms with van der Waals surface area (Å²) in [5.41, 5.74) is 9.06. The SMILES string of the molecule is Cc1cc(C(=O)N2CCC(Nc3ncc4ccccc4n3)C2)ccc1N. The number of aryl methyl sites for hydroxylation is 1. The van der Waals surface area contributed by atoms with Crippen LogP contribution in [0.5, 0.6) is 0 Å². The van der Waals surface area contributed by atoms with Gasteiger partial charge in [0.15, 0.2) is 0 Å². The van der Waals surface area contributed by atoms with E-state index in [1.807, 2.05) is 48.4 Å². The van der Waals surface area contributed by atoms with Crippen molar-refractivity contribution in [2.24, 2.45) is 0 Å². The number of amides is 1. The maximum absolute atomic E-state index is 12.7. The number of nitrogens with two attached hydrogens (primary N) is 1. The number of nitrogens with zero attached hydrogens (tertiary/aromatic N) is 3. The fourth-order valence-electron chi connectivity index (χ4n) is 3.28. The summed E-state index contributed by atoms with van der Waals surface area (Å²) < 4.78 is 0. The number of carbonyl (C=O) groups excluding carboxylic acids is 1. The molecule has 0 bridgehead atoms. The topological polar surface area (TPSA) is 84.1 Å². The molecule has 3 aromatic rings. The number of anilines is 2. The van der Waals surface area contributed by atoms with Gasteiger partial charge in [0.25, 0.3) is 5.91 Å². The van der Waals surface area contributed by atoms with E-state index in [0.717, 1.165) is 22.9 Å². The highest BCUT2D eigenvalue weighted by Crippen LogP contribution is 2.20. The molecule has 2 heterocycles. The van der Waals surface area contributed by atoms with Crippen LogP contribution in [-0.4, -0.2) is 39.9 Å². The molecule has 0 aliphatic carbocycles. The lowest BCUT2D eigenvalue weighted by Gasteiger charge is -2.18.